The predicted octanol–water partition coefficient (Wildman–Crippen LogP) is 4.04. The Bertz CT molecular complexity index is 946. The molecule has 1 amide bonds. The van der Waals surface area contributed by atoms with Gasteiger partial charge in [0, 0.05) is 12.1 Å². The van der Waals surface area contributed by atoms with Crippen LogP contribution in [-0.2, 0) is 4.79 Å². The summed E-state index contributed by atoms with van der Waals surface area (Å²) in [5.74, 6) is 1.74. The molecule has 1 heterocycles. The zero-order valence-corrected chi connectivity index (χ0v) is 17.4. The lowest BCUT2D eigenvalue weighted by molar-refractivity contribution is -0.120. The van der Waals surface area contributed by atoms with Crippen molar-refractivity contribution in [2.24, 2.45) is 0 Å². The van der Waals surface area contributed by atoms with Gasteiger partial charge in [0.15, 0.2) is 18.1 Å². The molecule has 1 aromatic heterocycles. The van der Waals surface area contributed by atoms with E-state index < -0.39 is 0 Å². The number of methoxy groups -OCH3 is 2. The van der Waals surface area contributed by atoms with Gasteiger partial charge in [-0.25, -0.2) is 0 Å². The summed E-state index contributed by atoms with van der Waals surface area (Å²) in [6.45, 7) is 2.49. The van der Waals surface area contributed by atoms with E-state index in [0.717, 1.165) is 12.0 Å². The molecule has 2 aromatic carbocycles. The van der Waals surface area contributed by atoms with E-state index in [1.54, 1.807) is 19.1 Å². The number of amides is 1. The average molecular weight is 413 g/mol. The molecule has 0 aliphatic heterocycles. The number of hydrogen-bond donors (Lipinski definition) is 0. The van der Waals surface area contributed by atoms with Crippen LogP contribution in [0.1, 0.15) is 13.3 Å². The van der Waals surface area contributed by atoms with Gasteiger partial charge in [0.2, 0.25) is 5.13 Å². The summed E-state index contributed by atoms with van der Waals surface area (Å²) < 4.78 is 16.2. The van der Waals surface area contributed by atoms with E-state index in [2.05, 4.69) is 10.2 Å². The molecule has 29 heavy (non-hydrogen) atoms. The van der Waals surface area contributed by atoms with Crippen molar-refractivity contribution < 1.29 is 19.0 Å². The molecule has 3 aromatic rings. The average Bonchev–Trinajstić information content (AvgIpc) is 3.25. The van der Waals surface area contributed by atoms with E-state index in [-0.39, 0.29) is 12.5 Å². The standard InChI is InChI=1S/C21H23N3O4S/c1-4-12-24(19(25)14-28-16-8-6-5-7-9-16)21-23-22-20(29-21)15-10-11-17(26-2)18(13-15)27-3/h5-11,13H,4,12,14H2,1-3H3. The van der Waals surface area contributed by atoms with Crippen LogP contribution in [0.25, 0.3) is 10.6 Å². The molecule has 0 saturated carbocycles. The van der Waals surface area contributed by atoms with Crippen molar-refractivity contribution in [3.05, 3.63) is 48.5 Å². The molecule has 0 aliphatic rings. The highest BCUT2D eigenvalue weighted by Gasteiger charge is 2.21. The van der Waals surface area contributed by atoms with Crippen LogP contribution in [0.4, 0.5) is 5.13 Å². The third-order valence-corrected chi connectivity index (χ3v) is 5.12. The smallest absolute Gasteiger partial charge is 0.266 e. The van der Waals surface area contributed by atoms with Crippen LogP contribution >= 0.6 is 11.3 Å². The van der Waals surface area contributed by atoms with Gasteiger partial charge in [-0.1, -0.05) is 36.5 Å². The van der Waals surface area contributed by atoms with Gasteiger partial charge in [-0.2, -0.15) is 0 Å². The van der Waals surface area contributed by atoms with Crippen LogP contribution in [0.5, 0.6) is 17.2 Å². The van der Waals surface area contributed by atoms with Gasteiger partial charge < -0.3 is 14.2 Å². The molecule has 8 heteroatoms. The van der Waals surface area contributed by atoms with Crippen molar-refractivity contribution in [3.8, 4) is 27.8 Å². The number of carbonyl (C=O) groups is 1. The maximum absolute atomic E-state index is 12.7. The summed E-state index contributed by atoms with van der Waals surface area (Å²) in [5, 5.41) is 9.72. The highest BCUT2D eigenvalue weighted by atomic mass is 32.1. The number of benzene rings is 2. The quantitative estimate of drug-likeness (QED) is 0.527. The summed E-state index contributed by atoms with van der Waals surface area (Å²) in [5.41, 5.74) is 0.843. The lowest BCUT2D eigenvalue weighted by atomic mass is 10.2. The SMILES string of the molecule is CCCN(C(=O)COc1ccccc1)c1nnc(-c2ccc(OC)c(OC)c2)s1. The van der Waals surface area contributed by atoms with Crippen LogP contribution in [-0.4, -0.2) is 43.5 Å². The van der Waals surface area contributed by atoms with Gasteiger partial charge in [-0.05, 0) is 36.8 Å². The Morgan fingerprint density at radius 1 is 1.03 bits per heavy atom. The molecule has 7 nitrogen and oxygen atoms in total. The van der Waals surface area contributed by atoms with Gasteiger partial charge in [0.1, 0.15) is 10.8 Å². The zero-order valence-electron chi connectivity index (χ0n) is 16.6. The number of ether oxygens (including phenoxy) is 3. The summed E-state index contributed by atoms with van der Waals surface area (Å²) in [6, 6.07) is 14.8. The van der Waals surface area contributed by atoms with Gasteiger partial charge in [0.25, 0.3) is 5.91 Å². The summed E-state index contributed by atoms with van der Waals surface area (Å²) >= 11 is 1.35. The molecule has 0 radical (unpaired) electrons. The monoisotopic (exact) mass is 413 g/mol. The molecule has 0 bridgehead atoms. The van der Waals surface area contributed by atoms with Gasteiger partial charge in [-0.15, -0.1) is 10.2 Å². The van der Waals surface area contributed by atoms with E-state index >= 15 is 0 Å². The Balaban J connectivity index is 1.77. The number of rotatable bonds is 9. The fraction of sp³-hybridized carbons (Fsp3) is 0.286. The summed E-state index contributed by atoms with van der Waals surface area (Å²) in [7, 11) is 3.17. The zero-order chi connectivity index (χ0) is 20.6. The second kappa shape index (κ2) is 9.88. The number of para-hydroxylation sites is 1. The third-order valence-electron chi connectivity index (χ3n) is 4.13. The summed E-state index contributed by atoms with van der Waals surface area (Å²) in [4.78, 5) is 14.4. The van der Waals surface area contributed by atoms with Gasteiger partial charge in [0.05, 0.1) is 14.2 Å². The first-order chi connectivity index (χ1) is 14.2. The second-order valence-corrected chi connectivity index (χ2v) is 7.06. The van der Waals surface area contributed by atoms with Crippen molar-refractivity contribution in [2.45, 2.75) is 13.3 Å². The van der Waals surface area contributed by atoms with Gasteiger partial charge >= 0.3 is 0 Å². The lowest BCUT2D eigenvalue weighted by Crippen LogP contribution is -2.35. The van der Waals surface area contributed by atoms with E-state index in [0.29, 0.717) is 33.9 Å². The lowest BCUT2D eigenvalue weighted by Gasteiger charge is -2.18. The molecular weight excluding hydrogens is 390 g/mol. The van der Waals surface area contributed by atoms with E-state index in [1.807, 2.05) is 55.5 Å². The minimum Gasteiger partial charge on any atom is -0.493 e. The Hall–Kier alpha value is -3.13. The van der Waals surface area contributed by atoms with Crippen molar-refractivity contribution >= 4 is 22.4 Å². The predicted molar refractivity (Wildman–Crippen MR) is 113 cm³/mol. The van der Waals surface area contributed by atoms with Crippen molar-refractivity contribution in [3.63, 3.8) is 0 Å². The fourth-order valence-electron chi connectivity index (χ4n) is 2.70. The van der Waals surface area contributed by atoms with Crippen LogP contribution in [0.15, 0.2) is 48.5 Å². The molecular formula is C21H23N3O4S. The van der Waals surface area contributed by atoms with Crippen LogP contribution < -0.4 is 19.1 Å². The molecule has 0 spiro atoms. The topological polar surface area (TPSA) is 73.8 Å². The van der Waals surface area contributed by atoms with Crippen molar-refractivity contribution in [2.75, 3.05) is 32.3 Å². The van der Waals surface area contributed by atoms with Crippen molar-refractivity contribution in [1.82, 2.24) is 10.2 Å². The van der Waals surface area contributed by atoms with E-state index in [9.17, 15) is 4.79 Å². The number of carbonyl (C=O) groups excluding carboxylic acids is 1. The molecule has 0 fully saturated rings. The van der Waals surface area contributed by atoms with E-state index in [4.69, 9.17) is 14.2 Å². The minimum absolute atomic E-state index is 0.0602. The minimum atomic E-state index is -0.161. The number of hydrogen-bond acceptors (Lipinski definition) is 7. The Morgan fingerprint density at radius 3 is 2.48 bits per heavy atom. The maximum Gasteiger partial charge on any atom is 0.266 e. The molecule has 3 rings (SSSR count). The van der Waals surface area contributed by atoms with Crippen LogP contribution in [0.3, 0.4) is 0 Å². The van der Waals surface area contributed by atoms with Crippen LogP contribution in [0.2, 0.25) is 0 Å². The molecule has 0 saturated heterocycles. The number of aromatic nitrogens is 2. The first-order valence-corrected chi connectivity index (χ1v) is 10.0. The van der Waals surface area contributed by atoms with Gasteiger partial charge in [-0.3, -0.25) is 9.69 Å². The highest BCUT2D eigenvalue weighted by Crippen LogP contribution is 2.35. The third kappa shape index (κ3) is 5.03. The molecule has 0 N–H and O–H groups in total. The van der Waals surface area contributed by atoms with Crippen molar-refractivity contribution in [1.29, 1.82) is 0 Å². The van der Waals surface area contributed by atoms with Crippen LogP contribution in [0, 0.1) is 0 Å². The maximum atomic E-state index is 12.7. The second-order valence-electron chi connectivity index (χ2n) is 6.11. The molecule has 152 valence electrons. The number of nitrogens with zero attached hydrogens (tertiary/aromatic N) is 3. The fourth-order valence-corrected chi connectivity index (χ4v) is 3.59. The Morgan fingerprint density at radius 2 is 1.79 bits per heavy atom. The molecule has 0 atom stereocenters. The Kier molecular flexibility index (Phi) is 7.02. The Labute approximate surface area is 173 Å². The van der Waals surface area contributed by atoms with E-state index in [1.165, 1.54) is 11.3 Å². The largest absolute Gasteiger partial charge is 0.493 e. The summed E-state index contributed by atoms with van der Waals surface area (Å²) in [6.07, 6.45) is 0.794. The normalized spacial score (nSPS) is 10.4. The number of anilines is 1. The molecule has 0 unspecified atom stereocenters. The highest BCUT2D eigenvalue weighted by molar-refractivity contribution is 7.18. The molecule has 0 aliphatic carbocycles. The first kappa shape index (κ1) is 20.6. The first-order valence-electron chi connectivity index (χ1n) is 9.20.